The van der Waals surface area contributed by atoms with Crippen LogP contribution in [0.25, 0.3) is 10.2 Å². The SMILES string of the molecule is Nc1cccc(Oc2ncnc3sc4c(c23)CCCC4)c1. The van der Waals surface area contributed by atoms with Crippen LogP contribution < -0.4 is 10.5 Å². The Hall–Kier alpha value is -2.14. The summed E-state index contributed by atoms with van der Waals surface area (Å²) in [5.41, 5.74) is 7.87. The molecule has 2 heterocycles. The molecule has 0 bridgehead atoms. The van der Waals surface area contributed by atoms with Crippen molar-refractivity contribution in [2.75, 3.05) is 5.73 Å². The summed E-state index contributed by atoms with van der Waals surface area (Å²) in [4.78, 5) is 11.2. The largest absolute Gasteiger partial charge is 0.438 e. The van der Waals surface area contributed by atoms with Gasteiger partial charge in [-0.1, -0.05) is 6.07 Å². The minimum absolute atomic E-state index is 0.644. The molecule has 0 unspecified atom stereocenters. The third-order valence-corrected chi connectivity index (χ3v) is 4.99. The number of nitrogen functional groups attached to an aromatic ring is 1. The van der Waals surface area contributed by atoms with Gasteiger partial charge in [0.05, 0.1) is 5.39 Å². The Morgan fingerprint density at radius 3 is 2.95 bits per heavy atom. The highest BCUT2D eigenvalue weighted by Crippen LogP contribution is 2.40. The first-order chi connectivity index (χ1) is 10.3. The van der Waals surface area contributed by atoms with Crippen LogP contribution >= 0.6 is 11.3 Å². The summed E-state index contributed by atoms with van der Waals surface area (Å²) in [6.45, 7) is 0. The van der Waals surface area contributed by atoms with E-state index in [1.807, 2.05) is 24.3 Å². The molecule has 0 radical (unpaired) electrons. The number of rotatable bonds is 2. The van der Waals surface area contributed by atoms with E-state index in [4.69, 9.17) is 10.5 Å². The number of hydrogen-bond donors (Lipinski definition) is 1. The van der Waals surface area contributed by atoms with Gasteiger partial charge in [0.25, 0.3) is 0 Å². The first-order valence-corrected chi connectivity index (χ1v) is 7.91. The van der Waals surface area contributed by atoms with Crippen LogP contribution in [-0.2, 0) is 12.8 Å². The van der Waals surface area contributed by atoms with E-state index in [1.165, 1.54) is 23.3 Å². The summed E-state index contributed by atoms with van der Waals surface area (Å²) < 4.78 is 5.97. The Kier molecular flexibility index (Phi) is 3.00. The number of thiophene rings is 1. The minimum atomic E-state index is 0.644. The topological polar surface area (TPSA) is 61.0 Å². The van der Waals surface area contributed by atoms with Crippen LogP contribution in [0.3, 0.4) is 0 Å². The van der Waals surface area contributed by atoms with Gasteiger partial charge in [0, 0.05) is 16.6 Å². The molecular formula is C16H15N3OS. The molecule has 0 saturated carbocycles. The van der Waals surface area contributed by atoms with Crippen molar-refractivity contribution in [3.63, 3.8) is 0 Å². The van der Waals surface area contributed by atoms with Gasteiger partial charge in [-0.3, -0.25) is 0 Å². The van der Waals surface area contributed by atoms with E-state index >= 15 is 0 Å². The molecule has 2 aromatic heterocycles. The van der Waals surface area contributed by atoms with Gasteiger partial charge in [0.2, 0.25) is 5.88 Å². The molecule has 3 aromatic rings. The van der Waals surface area contributed by atoms with Crippen LogP contribution in [0.4, 0.5) is 5.69 Å². The van der Waals surface area contributed by atoms with Gasteiger partial charge >= 0.3 is 0 Å². The second kappa shape index (κ2) is 5.00. The number of hydrogen-bond acceptors (Lipinski definition) is 5. The number of ether oxygens (including phenoxy) is 1. The van der Waals surface area contributed by atoms with Crippen molar-refractivity contribution in [3.8, 4) is 11.6 Å². The van der Waals surface area contributed by atoms with Gasteiger partial charge < -0.3 is 10.5 Å². The molecule has 1 aromatic carbocycles. The Morgan fingerprint density at radius 2 is 2.05 bits per heavy atom. The molecule has 4 rings (SSSR count). The fourth-order valence-electron chi connectivity index (χ4n) is 2.83. The number of aryl methyl sites for hydroxylation is 2. The summed E-state index contributed by atoms with van der Waals surface area (Å²) in [7, 11) is 0. The second-order valence-electron chi connectivity index (χ2n) is 5.24. The predicted octanol–water partition coefficient (Wildman–Crippen LogP) is 3.94. The van der Waals surface area contributed by atoms with Gasteiger partial charge in [-0.2, -0.15) is 0 Å². The number of benzene rings is 1. The Labute approximate surface area is 126 Å². The molecule has 5 heteroatoms. The average Bonchev–Trinajstić information content (AvgIpc) is 2.87. The average molecular weight is 297 g/mol. The van der Waals surface area contributed by atoms with E-state index < -0.39 is 0 Å². The van der Waals surface area contributed by atoms with Crippen molar-refractivity contribution >= 4 is 27.2 Å². The molecule has 4 nitrogen and oxygen atoms in total. The summed E-state index contributed by atoms with van der Waals surface area (Å²) in [5, 5.41) is 1.08. The van der Waals surface area contributed by atoms with Crippen LogP contribution in [0, 0.1) is 0 Å². The summed E-state index contributed by atoms with van der Waals surface area (Å²) in [5.74, 6) is 1.36. The zero-order valence-corrected chi connectivity index (χ0v) is 12.3. The molecule has 0 amide bonds. The smallest absolute Gasteiger partial charge is 0.231 e. The maximum atomic E-state index is 5.97. The monoisotopic (exact) mass is 297 g/mol. The van der Waals surface area contributed by atoms with Gasteiger partial charge in [-0.05, 0) is 43.4 Å². The maximum absolute atomic E-state index is 5.97. The number of fused-ring (bicyclic) bond motifs is 3. The fourth-order valence-corrected chi connectivity index (χ4v) is 4.05. The van der Waals surface area contributed by atoms with E-state index in [-0.39, 0.29) is 0 Å². The first kappa shape index (κ1) is 12.6. The lowest BCUT2D eigenvalue weighted by molar-refractivity contribution is 0.468. The Morgan fingerprint density at radius 1 is 1.14 bits per heavy atom. The lowest BCUT2D eigenvalue weighted by Gasteiger charge is -2.12. The molecule has 0 fully saturated rings. The predicted molar refractivity (Wildman–Crippen MR) is 85.0 cm³/mol. The van der Waals surface area contributed by atoms with Gasteiger partial charge in [-0.15, -0.1) is 11.3 Å². The molecule has 106 valence electrons. The highest BCUT2D eigenvalue weighted by atomic mass is 32.1. The van der Waals surface area contributed by atoms with Crippen LogP contribution in [-0.4, -0.2) is 9.97 Å². The quantitative estimate of drug-likeness (QED) is 0.728. The van der Waals surface area contributed by atoms with Crippen LogP contribution in [0.1, 0.15) is 23.3 Å². The number of nitrogens with two attached hydrogens (primary N) is 1. The van der Waals surface area contributed by atoms with E-state index in [0.717, 1.165) is 23.1 Å². The zero-order valence-electron chi connectivity index (χ0n) is 11.5. The van der Waals surface area contributed by atoms with E-state index in [2.05, 4.69) is 9.97 Å². The van der Waals surface area contributed by atoms with Crippen molar-refractivity contribution in [1.29, 1.82) is 0 Å². The second-order valence-corrected chi connectivity index (χ2v) is 6.33. The van der Waals surface area contributed by atoms with Crippen molar-refractivity contribution in [2.45, 2.75) is 25.7 Å². The van der Waals surface area contributed by atoms with E-state index in [0.29, 0.717) is 17.3 Å². The van der Waals surface area contributed by atoms with Crippen LogP contribution in [0.5, 0.6) is 11.6 Å². The minimum Gasteiger partial charge on any atom is -0.438 e. The van der Waals surface area contributed by atoms with Crippen molar-refractivity contribution in [2.24, 2.45) is 0 Å². The highest BCUT2D eigenvalue weighted by molar-refractivity contribution is 7.18. The van der Waals surface area contributed by atoms with Gasteiger partial charge in [0.1, 0.15) is 16.9 Å². The molecule has 21 heavy (non-hydrogen) atoms. The molecule has 0 saturated heterocycles. The summed E-state index contributed by atoms with van der Waals surface area (Å²) in [6.07, 6.45) is 6.31. The van der Waals surface area contributed by atoms with Crippen molar-refractivity contribution in [3.05, 3.63) is 41.0 Å². The van der Waals surface area contributed by atoms with Crippen molar-refractivity contribution in [1.82, 2.24) is 9.97 Å². The molecular weight excluding hydrogens is 282 g/mol. The summed E-state index contributed by atoms with van der Waals surface area (Å²) in [6, 6.07) is 7.43. The lowest BCUT2D eigenvalue weighted by Crippen LogP contribution is -1.99. The number of nitrogens with zero attached hydrogens (tertiary/aromatic N) is 2. The lowest BCUT2D eigenvalue weighted by atomic mass is 9.97. The summed E-state index contributed by atoms with van der Waals surface area (Å²) >= 11 is 1.77. The normalized spacial score (nSPS) is 14.1. The molecule has 1 aliphatic rings. The number of aromatic nitrogens is 2. The van der Waals surface area contributed by atoms with Crippen LogP contribution in [0.2, 0.25) is 0 Å². The van der Waals surface area contributed by atoms with E-state index in [9.17, 15) is 0 Å². The molecule has 1 aliphatic carbocycles. The zero-order chi connectivity index (χ0) is 14.2. The maximum Gasteiger partial charge on any atom is 0.231 e. The van der Waals surface area contributed by atoms with Crippen LogP contribution in [0.15, 0.2) is 30.6 Å². The van der Waals surface area contributed by atoms with E-state index in [1.54, 1.807) is 17.7 Å². The molecule has 0 atom stereocenters. The fraction of sp³-hybridized carbons (Fsp3) is 0.250. The third kappa shape index (κ3) is 2.23. The molecule has 2 N–H and O–H groups in total. The first-order valence-electron chi connectivity index (χ1n) is 7.10. The molecule has 0 spiro atoms. The Balaban J connectivity index is 1.83. The number of anilines is 1. The third-order valence-electron chi connectivity index (χ3n) is 3.79. The van der Waals surface area contributed by atoms with Gasteiger partial charge in [0.15, 0.2) is 0 Å². The van der Waals surface area contributed by atoms with Crippen molar-refractivity contribution < 1.29 is 4.74 Å². The molecule has 0 aliphatic heterocycles. The van der Waals surface area contributed by atoms with Gasteiger partial charge in [-0.25, -0.2) is 9.97 Å². The standard InChI is InChI=1S/C16H15N3OS/c17-10-4-3-5-11(8-10)20-15-14-12-6-1-2-7-13(12)21-16(14)19-9-18-15/h3-5,8-9H,1-2,6-7,17H2. The highest BCUT2D eigenvalue weighted by Gasteiger charge is 2.20. The Bertz CT molecular complexity index is 812.